The van der Waals surface area contributed by atoms with Crippen molar-refractivity contribution in [2.45, 2.75) is 83.1 Å². The highest BCUT2D eigenvalue weighted by atomic mass is 16.2. The van der Waals surface area contributed by atoms with Crippen LogP contribution in [0.4, 0.5) is 0 Å². The van der Waals surface area contributed by atoms with Gasteiger partial charge in [-0.15, -0.1) is 0 Å². The van der Waals surface area contributed by atoms with Crippen LogP contribution in [-0.2, 0) is 27.3 Å². The summed E-state index contributed by atoms with van der Waals surface area (Å²) in [7, 11) is 0. The SMILES string of the molecule is O=C(CCCCCCc1ccc2c(c1)C(=O)N(N1C(=O)CCCC1=O)C2)N1CCC(c2ccccc2)CC1. The molecule has 0 bridgehead atoms. The Morgan fingerprint density at radius 2 is 1.55 bits per heavy atom. The number of rotatable bonds is 9. The number of carbonyl (C=O) groups excluding carboxylic acids is 4. The lowest BCUT2D eigenvalue weighted by atomic mass is 9.89. The molecule has 0 saturated carbocycles. The molecule has 7 heteroatoms. The third-order valence-electron chi connectivity index (χ3n) is 8.18. The van der Waals surface area contributed by atoms with E-state index in [1.165, 1.54) is 10.6 Å². The molecule has 0 radical (unpaired) electrons. The zero-order valence-corrected chi connectivity index (χ0v) is 22.1. The molecular weight excluding hydrogens is 478 g/mol. The fraction of sp³-hybridized carbons (Fsp3) is 0.484. The van der Waals surface area contributed by atoms with E-state index in [4.69, 9.17) is 0 Å². The number of hydrogen-bond acceptors (Lipinski definition) is 4. The number of nitrogens with zero attached hydrogens (tertiary/aromatic N) is 3. The van der Waals surface area contributed by atoms with Crippen molar-refractivity contribution in [3.8, 4) is 0 Å². The van der Waals surface area contributed by atoms with Gasteiger partial charge in [-0.1, -0.05) is 55.3 Å². The van der Waals surface area contributed by atoms with Crippen LogP contribution < -0.4 is 0 Å². The Balaban J connectivity index is 1.01. The number of fused-ring (bicyclic) bond motifs is 1. The van der Waals surface area contributed by atoms with Crippen LogP contribution >= 0.6 is 0 Å². The average molecular weight is 516 g/mol. The van der Waals surface area contributed by atoms with Gasteiger partial charge in [0.1, 0.15) is 0 Å². The van der Waals surface area contributed by atoms with Crippen molar-refractivity contribution < 1.29 is 19.2 Å². The maximum atomic E-state index is 13.0. The lowest BCUT2D eigenvalue weighted by Gasteiger charge is -2.32. The Hall–Kier alpha value is -3.48. The molecule has 0 unspecified atom stereocenters. The first-order valence-electron chi connectivity index (χ1n) is 14.1. The molecule has 38 heavy (non-hydrogen) atoms. The number of amides is 4. The Morgan fingerprint density at radius 3 is 2.29 bits per heavy atom. The summed E-state index contributed by atoms with van der Waals surface area (Å²) in [6.45, 7) is 1.98. The van der Waals surface area contributed by atoms with Gasteiger partial charge in [0.2, 0.25) is 17.7 Å². The Kier molecular flexibility index (Phi) is 8.20. The predicted molar refractivity (Wildman–Crippen MR) is 144 cm³/mol. The molecule has 0 spiro atoms. The van der Waals surface area contributed by atoms with Crippen molar-refractivity contribution >= 4 is 23.6 Å². The topological polar surface area (TPSA) is 78.0 Å². The first kappa shape index (κ1) is 26.1. The summed E-state index contributed by atoms with van der Waals surface area (Å²) in [5.41, 5.74) is 3.93. The number of carbonyl (C=O) groups is 4. The average Bonchev–Trinajstić information content (AvgIpc) is 3.26. The summed E-state index contributed by atoms with van der Waals surface area (Å²) in [5.74, 6) is -0.0104. The summed E-state index contributed by atoms with van der Waals surface area (Å²) in [4.78, 5) is 52.2. The molecule has 2 aromatic carbocycles. The number of benzene rings is 2. The van der Waals surface area contributed by atoms with Crippen LogP contribution in [-0.4, -0.2) is 51.6 Å². The minimum atomic E-state index is -0.294. The van der Waals surface area contributed by atoms with Gasteiger partial charge in [0.25, 0.3) is 5.91 Å². The second kappa shape index (κ2) is 11.9. The number of likely N-dealkylation sites (tertiary alicyclic amines) is 1. The van der Waals surface area contributed by atoms with Crippen LogP contribution in [0.25, 0.3) is 0 Å². The van der Waals surface area contributed by atoms with Crippen molar-refractivity contribution in [2.24, 2.45) is 0 Å². The number of hydrogen-bond donors (Lipinski definition) is 0. The van der Waals surface area contributed by atoms with Gasteiger partial charge < -0.3 is 4.90 Å². The van der Waals surface area contributed by atoms with Crippen molar-refractivity contribution in [3.63, 3.8) is 0 Å². The Labute approximate surface area is 224 Å². The van der Waals surface area contributed by atoms with E-state index >= 15 is 0 Å². The molecule has 7 nitrogen and oxygen atoms in total. The third-order valence-corrected chi connectivity index (χ3v) is 8.18. The maximum Gasteiger partial charge on any atom is 0.273 e. The van der Waals surface area contributed by atoms with Crippen molar-refractivity contribution in [3.05, 3.63) is 70.8 Å². The minimum Gasteiger partial charge on any atom is -0.343 e. The largest absolute Gasteiger partial charge is 0.343 e. The fourth-order valence-electron chi connectivity index (χ4n) is 5.97. The molecule has 5 rings (SSSR count). The highest BCUT2D eigenvalue weighted by Crippen LogP contribution is 2.29. The molecular formula is C31H37N3O4. The van der Waals surface area contributed by atoms with Gasteiger partial charge in [0.15, 0.2) is 0 Å². The molecule has 2 fully saturated rings. The molecule has 0 atom stereocenters. The Bertz CT molecular complexity index is 1170. The van der Waals surface area contributed by atoms with Gasteiger partial charge in [0.05, 0.1) is 6.54 Å². The zero-order chi connectivity index (χ0) is 26.5. The van der Waals surface area contributed by atoms with Crippen LogP contribution in [0.15, 0.2) is 48.5 Å². The number of hydrazine groups is 1. The number of unbranched alkanes of at least 4 members (excludes halogenated alkanes) is 3. The van der Waals surface area contributed by atoms with E-state index in [-0.39, 0.29) is 30.2 Å². The summed E-state index contributed by atoms with van der Waals surface area (Å²) in [6.07, 6.45) is 8.68. The lowest BCUT2D eigenvalue weighted by molar-refractivity contribution is -0.163. The summed E-state index contributed by atoms with van der Waals surface area (Å²) >= 11 is 0. The number of piperidine rings is 2. The molecule has 2 aromatic rings. The van der Waals surface area contributed by atoms with Crippen LogP contribution in [0.5, 0.6) is 0 Å². The molecule has 0 N–H and O–H groups in total. The molecule has 4 amide bonds. The molecule has 3 aliphatic heterocycles. The molecule has 0 aromatic heterocycles. The maximum absolute atomic E-state index is 13.0. The number of aryl methyl sites for hydroxylation is 1. The normalized spacial score (nSPS) is 18.3. The van der Waals surface area contributed by atoms with E-state index in [1.807, 2.05) is 29.2 Å². The minimum absolute atomic E-state index is 0.267. The second-order valence-corrected chi connectivity index (χ2v) is 10.8. The molecule has 3 heterocycles. The summed E-state index contributed by atoms with van der Waals surface area (Å²) in [6, 6.07) is 16.5. The van der Waals surface area contributed by atoms with E-state index < -0.39 is 0 Å². The Morgan fingerprint density at radius 1 is 0.842 bits per heavy atom. The molecule has 0 aliphatic carbocycles. The van der Waals surface area contributed by atoms with Gasteiger partial charge in [-0.2, -0.15) is 5.01 Å². The zero-order valence-electron chi connectivity index (χ0n) is 22.1. The number of imide groups is 1. The van der Waals surface area contributed by atoms with Crippen LogP contribution in [0, 0.1) is 0 Å². The van der Waals surface area contributed by atoms with E-state index in [0.717, 1.165) is 74.2 Å². The van der Waals surface area contributed by atoms with E-state index in [0.29, 0.717) is 37.2 Å². The van der Waals surface area contributed by atoms with Crippen LogP contribution in [0.3, 0.4) is 0 Å². The highest BCUT2D eigenvalue weighted by molar-refractivity contribution is 6.04. The molecule has 2 saturated heterocycles. The fourth-order valence-corrected chi connectivity index (χ4v) is 5.97. The lowest BCUT2D eigenvalue weighted by Crippen LogP contribution is -2.51. The van der Waals surface area contributed by atoms with E-state index in [1.54, 1.807) is 0 Å². The van der Waals surface area contributed by atoms with Crippen LogP contribution in [0.2, 0.25) is 0 Å². The van der Waals surface area contributed by atoms with Crippen molar-refractivity contribution in [1.29, 1.82) is 0 Å². The van der Waals surface area contributed by atoms with Crippen LogP contribution in [0.1, 0.15) is 97.2 Å². The summed E-state index contributed by atoms with van der Waals surface area (Å²) in [5, 5.41) is 2.36. The molecule has 200 valence electrons. The van der Waals surface area contributed by atoms with Gasteiger partial charge in [0, 0.05) is 37.9 Å². The first-order chi connectivity index (χ1) is 18.5. The van der Waals surface area contributed by atoms with Gasteiger partial charge >= 0.3 is 0 Å². The van der Waals surface area contributed by atoms with Gasteiger partial charge in [-0.3, -0.25) is 19.2 Å². The second-order valence-electron chi connectivity index (χ2n) is 10.8. The van der Waals surface area contributed by atoms with Crippen molar-refractivity contribution in [1.82, 2.24) is 14.9 Å². The predicted octanol–water partition coefficient (Wildman–Crippen LogP) is 5.00. The smallest absolute Gasteiger partial charge is 0.273 e. The third kappa shape index (κ3) is 5.82. The summed E-state index contributed by atoms with van der Waals surface area (Å²) < 4.78 is 0. The quantitative estimate of drug-likeness (QED) is 0.348. The monoisotopic (exact) mass is 515 g/mol. The first-order valence-corrected chi connectivity index (χ1v) is 14.1. The van der Waals surface area contributed by atoms with Gasteiger partial charge in [-0.05, 0) is 67.2 Å². The highest BCUT2D eigenvalue weighted by Gasteiger charge is 2.39. The van der Waals surface area contributed by atoms with E-state index in [2.05, 4.69) is 24.3 Å². The van der Waals surface area contributed by atoms with E-state index in [9.17, 15) is 19.2 Å². The molecule has 3 aliphatic rings. The van der Waals surface area contributed by atoms with Gasteiger partial charge in [-0.25, -0.2) is 5.01 Å². The standard InChI is InChI=1S/C31H37N3O4/c35-28(32-19-17-25(18-20-32)24-10-5-3-6-11-24)12-7-2-1-4-9-23-15-16-26-22-33(31(38)27(26)21-23)34-29(36)13-8-14-30(34)37/h3,5-6,10-11,15-16,21,25H,1-2,4,7-9,12-14,17-20,22H2. The van der Waals surface area contributed by atoms with Crippen molar-refractivity contribution in [2.75, 3.05) is 13.1 Å².